The minimum Gasteiger partial charge on any atom is -0.478 e. The van der Waals surface area contributed by atoms with Gasteiger partial charge in [-0.1, -0.05) is 0 Å². The van der Waals surface area contributed by atoms with Crippen molar-refractivity contribution < 1.29 is 14.7 Å². The van der Waals surface area contributed by atoms with Gasteiger partial charge in [0.15, 0.2) is 0 Å². The number of hydrogen-bond donors (Lipinski definition) is 2. The van der Waals surface area contributed by atoms with Gasteiger partial charge in [-0.25, -0.2) is 4.79 Å². The Morgan fingerprint density at radius 1 is 1.20 bits per heavy atom. The van der Waals surface area contributed by atoms with Crippen molar-refractivity contribution in [3.63, 3.8) is 0 Å². The smallest absolute Gasteiger partial charge is 0.335 e. The third-order valence-corrected chi connectivity index (χ3v) is 3.63. The fourth-order valence-electron chi connectivity index (χ4n) is 1.88. The van der Waals surface area contributed by atoms with E-state index in [2.05, 4.69) is 10.7 Å². The van der Waals surface area contributed by atoms with E-state index in [4.69, 9.17) is 5.11 Å². The van der Waals surface area contributed by atoms with Crippen LogP contribution in [0.2, 0.25) is 0 Å². The second-order valence-electron chi connectivity index (χ2n) is 4.59. The van der Waals surface area contributed by atoms with Crippen LogP contribution in [0, 0.1) is 0 Å². The van der Waals surface area contributed by atoms with Gasteiger partial charge >= 0.3 is 5.97 Å². The Balaban J connectivity index is 1.95. The van der Waals surface area contributed by atoms with E-state index < -0.39 is 5.97 Å². The molecule has 0 radical (unpaired) electrons. The first-order chi connectivity index (χ1) is 9.56. The number of benzene rings is 1. The third kappa shape index (κ3) is 3.68. The number of carbonyl (C=O) groups excluding carboxylic acids is 1. The molecule has 0 saturated carbocycles. The highest BCUT2D eigenvalue weighted by atomic mass is 32.1. The number of carbonyl (C=O) groups is 2. The van der Waals surface area contributed by atoms with Crippen molar-refractivity contribution in [3.05, 3.63) is 57.8 Å². The quantitative estimate of drug-likeness (QED) is 0.889. The molecule has 1 unspecified atom stereocenters. The van der Waals surface area contributed by atoms with Gasteiger partial charge in [-0.15, -0.1) is 0 Å². The second-order valence-corrected chi connectivity index (χ2v) is 5.37. The highest BCUT2D eigenvalue weighted by molar-refractivity contribution is 7.07. The van der Waals surface area contributed by atoms with E-state index in [0.717, 1.165) is 6.42 Å². The molecule has 0 saturated heterocycles. The van der Waals surface area contributed by atoms with E-state index in [0.29, 0.717) is 5.56 Å². The average molecular weight is 289 g/mol. The van der Waals surface area contributed by atoms with Gasteiger partial charge in [0.1, 0.15) is 0 Å². The van der Waals surface area contributed by atoms with Gasteiger partial charge in [0.05, 0.1) is 5.56 Å². The number of rotatable bonds is 5. The second kappa shape index (κ2) is 6.34. The molecule has 104 valence electrons. The molecule has 4 nitrogen and oxygen atoms in total. The number of nitrogens with one attached hydrogen (secondary N) is 1. The molecular weight excluding hydrogens is 274 g/mol. The minimum atomic E-state index is -0.997. The minimum absolute atomic E-state index is 0.0243. The lowest BCUT2D eigenvalue weighted by Gasteiger charge is -2.13. The molecule has 2 rings (SSSR count). The fraction of sp³-hybridized carbons (Fsp3) is 0.200. The Bertz CT molecular complexity index is 590. The van der Waals surface area contributed by atoms with Crippen molar-refractivity contribution in [3.8, 4) is 0 Å². The molecule has 1 amide bonds. The number of carboxylic acid groups (broad SMARTS) is 1. The van der Waals surface area contributed by atoms with Crippen LogP contribution in [0.25, 0.3) is 0 Å². The van der Waals surface area contributed by atoms with E-state index in [-0.39, 0.29) is 17.5 Å². The number of thiophene rings is 1. The topological polar surface area (TPSA) is 66.4 Å². The maximum absolute atomic E-state index is 12.0. The molecule has 0 aliphatic rings. The monoisotopic (exact) mass is 289 g/mol. The highest BCUT2D eigenvalue weighted by Gasteiger charge is 2.11. The summed E-state index contributed by atoms with van der Waals surface area (Å²) in [5.41, 5.74) is 1.84. The summed E-state index contributed by atoms with van der Waals surface area (Å²) in [7, 11) is 0. The van der Waals surface area contributed by atoms with Gasteiger partial charge in [-0.05, 0) is 60.0 Å². The number of aromatic carboxylic acids is 1. The molecule has 0 aliphatic carbocycles. The zero-order valence-corrected chi connectivity index (χ0v) is 11.8. The average Bonchev–Trinajstić information content (AvgIpc) is 2.91. The molecule has 0 bridgehead atoms. The molecule has 0 fully saturated rings. The summed E-state index contributed by atoms with van der Waals surface area (Å²) in [5.74, 6) is -1.19. The molecule has 1 aromatic heterocycles. The molecular formula is C15H15NO3S. The summed E-state index contributed by atoms with van der Waals surface area (Å²) in [6.07, 6.45) is 0.780. The summed E-state index contributed by atoms with van der Waals surface area (Å²) < 4.78 is 0. The van der Waals surface area contributed by atoms with Gasteiger partial charge in [-0.2, -0.15) is 11.3 Å². The first kappa shape index (κ1) is 14.3. The molecule has 5 heteroatoms. The summed E-state index contributed by atoms with van der Waals surface area (Å²) in [5, 5.41) is 15.8. The predicted molar refractivity (Wildman–Crippen MR) is 78.4 cm³/mol. The largest absolute Gasteiger partial charge is 0.478 e. The molecule has 2 N–H and O–H groups in total. The highest BCUT2D eigenvalue weighted by Crippen LogP contribution is 2.09. The van der Waals surface area contributed by atoms with Crippen LogP contribution in [0.4, 0.5) is 0 Å². The van der Waals surface area contributed by atoms with Gasteiger partial charge in [-0.3, -0.25) is 4.79 Å². The Morgan fingerprint density at radius 3 is 2.40 bits per heavy atom. The van der Waals surface area contributed by atoms with Crippen LogP contribution in [0.5, 0.6) is 0 Å². The summed E-state index contributed by atoms with van der Waals surface area (Å²) in [6, 6.07) is 7.97. The first-order valence-corrected chi connectivity index (χ1v) is 7.16. The molecule has 1 aromatic carbocycles. The van der Waals surface area contributed by atoms with Crippen molar-refractivity contribution >= 4 is 23.2 Å². The lowest BCUT2D eigenvalue weighted by Crippen LogP contribution is -2.33. The molecule has 0 aliphatic heterocycles. The van der Waals surface area contributed by atoms with Gasteiger partial charge in [0, 0.05) is 11.6 Å². The number of hydrogen-bond acceptors (Lipinski definition) is 3. The Labute approximate surface area is 121 Å². The van der Waals surface area contributed by atoms with Crippen molar-refractivity contribution in [2.24, 2.45) is 0 Å². The van der Waals surface area contributed by atoms with Crippen molar-refractivity contribution in [2.45, 2.75) is 19.4 Å². The lowest BCUT2D eigenvalue weighted by molar-refractivity contribution is 0.0696. The number of amides is 1. The number of carboxylic acids is 1. The van der Waals surface area contributed by atoms with Crippen LogP contribution in [0.1, 0.15) is 33.2 Å². The molecule has 2 aromatic rings. The van der Waals surface area contributed by atoms with E-state index in [1.165, 1.54) is 29.8 Å². The predicted octanol–water partition coefficient (Wildman–Crippen LogP) is 2.81. The van der Waals surface area contributed by atoms with Gasteiger partial charge in [0.25, 0.3) is 5.91 Å². The van der Waals surface area contributed by atoms with Crippen LogP contribution in [0.15, 0.2) is 41.1 Å². The Kier molecular flexibility index (Phi) is 4.53. The maximum atomic E-state index is 12.0. The maximum Gasteiger partial charge on any atom is 0.335 e. The van der Waals surface area contributed by atoms with Crippen molar-refractivity contribution in [1.29, 1.82) is 0 Å². The normalized spacial score (nSPS) is 11.8. The van der Waals surface area contributed by atoms with Crippen LogP contribution in [-0.4, -0.2) is 23.0 Å². The summed E-state index contributed by atoms with van der Waals surface area (Å²) >= 11 is 1.63. The zero-order chi connectivity index (χ0) is 14.5. The fourth-order valence-corrected chi connectivity index (χ4v) is 2.57. The molecule has 1 heterocycles. The first-order valence-electron chi connectivity index (χ1n) is 6.21. The van der Waals surface area contributed by atoms with Gasteiger partial charge < -0.3 is 10.4 Å². The van der Waals surface area contributed by atoms with E-state index >= 15 is 0 Å². The standard InChI is InChI=1S/C15H15NO3S/c1-10(8-11-6-7-20-9-11)16-14(17)12-2-4-13(5-3-12)15(18)19/h2-7,9-10H,8H2,1H3,(H,16,17)(H,18,19). The zero-order valence-electron chi connectivity index (χ0n) is 11.0. The van der Waals surface area contributed by atoms with Crippen LogP contribution >= 0.6 is 11.3 Å². The molecule has 0 spiro atoms. The third-order valence-electron chi connectivity index (χ3n) is 2.89. The van der Waals surface area contributed by atoms with Crippen LogP contribution in [-0.2, 0) is 6.42 Å². The van der Waals surface area contributed by atoms with E-state index in [1.54, 1.807) is 11.3 Å². The van der Waals surface area contributed by atoms with E-state index in [9.17, 15) is 9.59 Å². The van der Waals surface area contributed by atoms with Crippen LogP contribution in [0.3, 0.4) is 0 Å². The van der Waals surface area contributed by atoms with Crippen LogP contribution < -0.4 is 5.32 Å². The Hall–Kier alpha value is -2.14. The van der Waals surface area contributed by atoms with Crippen molar-refractivity contribution in [2.75, 3.05) is 0 Å². The summed E-state index contributed by atoms with van der Waals surface area (Å²) in [4.78, 5) is 22.7. The lowest BCUT2D eigenvalue weighted by atomic mass is 10.1. The molecule has 20 heavy (non-hydrogen) atoms. The van der Waals surface area contributed by atoms with Gasteiger partial charge in [0.2, 0.25) is 0 Å². The molecule has 1 atom stereocenters. The van der Waals surface area contributed by atoms with E-state index in [1.807, 2.05) is 18.4 Å². The van der Waals surface area contributed by atoms with Crippen molar-refractivity contribution in [1.82, 2.24) is 5.32 Å². The SMILES string of the molecule is CC(Cc1ccsc1)NC(=O)c1ccc(C(=O)O)cc1. The Morgan fingerprint density at radius 2 is 1.85 bits per heavy atom. The summed E-state index contributed by atoms with van der Waals surface area (Å²) in [6.45, 7) is 1.95.